The smallest absolute Gasteiger partial charge is 0.192 e. The lowest BCUT2D eigenvalue weighted by Crippen LogP contribution is -2.00. The van der Waals surface area contributed by atoms with Gasteiger partial charge in [0.15, 0.2) is 11.0 Å². The second-order valence-corrected chi connectivity index (χ2v) is 6.37. The van der Waals surface area contributed by atoms with E-state index in [1.807, 2.05) is 48.5 Å². The van der Waals surface area contributed by atoms with Crippen LogP contribution in [0.4, 0.5) is 0 Å². The summed E-state index contributed by atoms with van der Waals surface area (Å²) < 4.78 is 2.07. The number of benzene rings is 2. The summed E-state index contributed by atoms with van der Waals surface area (Å²) in [4.78, 5) is 0. The van der Waals surface area contributed by atoms with E-state index >= 15 is 0 Å². The number of rotatable bonds is 6. The summed E-state index contributed by atoms with van der Waals surface area (Å²) in [5.74, 6) is 1.69. The summed E-state index contributed by atoms with van der Waals surface area (Å²) in [6.07, 6.45) is 1.86. The van der Waals surface area contributed by atoms with Crippen molar-refractivity contribution in [3.05, 3.63) is 77.8 Å². The number of hydrogen-bond donors (Lipinski definition) is 0. The van der Waals surface area contributed by atoms with E-state index in [1.165, 1.54) is 5.56 Å². The molecule has 0 saturated carbocycles. The molecule has 0 saturated heterocycles. The van der Waals surface area contributed by atoms with Crippen molar-refractivity contribution < 1.29 is 0 Å². The Morgan fingerprint density at radius 3 is 2.48 bits per heavy atom. The van der Waals surface area contributed by atoms with Crippen LogP contribution >= 0.6 is 23.4 Å². The minimum absolute atomic E-state index is 0.669. The molecule has 0 spiro atoms. The summed E-state index contributed by atoms with van der Waals surface area (Å²) in [5, 5.41) is 10.3. The first-order chi connectivity index (χ1) is 11.3. The van der Waals surface area contributed by atoms with Gasteiger partial charge in [-0.3, -0.25) is 4.57 Å². The summed E-state index contributed by atoms with van der Waals surface area (Å²) in [5.41, 5.74) is 2.26. The van der Waals surface area contributed by atoms with Gasteiger partial charge in [-0.05, 0) is 29.8 Å². The van der Waals surface area contributed by atoms with Crippen LogP contribution in [0, 0.1) is 0 Å². The Kier molecular flexibility index (Phi) is 5.16. The molecule has 5 heteroatoms. The van der Waals surface area contributed by atoms with E-state index in [1.54, 1.807) is 11.8 Å². The molecule has 0 aliphatic heterocycles. The third-order valence-electron chi connectivity index (χ3n) is 3.34. The molecule has 3 aromatic rings. The first-order valence-corrected chi connectivity index (χ1v) is 8.61. The number of thioether (sulfide) groups is 1. The van der Waals surface area contributed by atoms with Crippen molar-refractivity contribution >= 4 is 23.4 Å². The van der Waals surface area contributed by atoms with Crippen molar-refractivity contribution in [1.29, 1.82) is 0 Å². The van der Waals surface area contributed by atoms with Crippen molar-refractivity contribution in [2.24, 2.45) is 0 Å². The second kappa shape index (κ2) is 7.49. The fourth-order valence-electron chi connectivity index (χ4n) is 2.22. The first-order valence-electron chi connectivity index (χ1n) is 7.24. The van der Waals surface area contributed by atoms with Crippen LogP contribution in [0.2, 0.25) is 5.02 Å². The van der Waals surface area contributed by atoms with Gasteiger partial charge in [0.25, 0.3) is 0 Å². The number of allylic oxidation sites excluding steroid dienone is 1. The molecule has 2 aromatic carbocycles. The zero-order valence-corrected chi connectivity index (χ0v) is 14.1. The zero-order valence-electron chi connectivity index (χ0n) is 12.5. The van der Waals surface area contributed by atoms with Gasteiger partial charge in [-0.15, -0.1) is 16.8 Å². The predicted molar refractivity (Wildman–Crippen MR) is 96.7 cm³/mol. The SMILES string of the molecule is C=CCn1c(SCc2ccccc2)nnc1-c1ccc(Cl)cc1. The van der Waals surface area contributed by atoms with Crippen molar-refractivity contribution in [1.82, 2.24) is 14.8 Å². The van der Waals surface area contributed by atoms with E-state index in [0.29, 0.717) is 11.6 Å². The quantitative estimate of drug-likeness (QED) is 0.463. The molecular weight excluding hydrogens is 326 g/mol. The van der Waals surface area contributed by atoms with Crippen LogP contribution in [0.5, 0.6) is 0 Å². The molecule has 3 nitrogen and oxygen atoms in total. The molecule has 0 radical (unpaired) electrons. The topological polar surface area (TPSA) is 30.7 Å². The Morgan fingerprint density at radius 1 is 1.04 bits per heavy atom. The third kappa shape index (κ3) is 3.84. The first kappa shape index (κ1) is 15.8. The standard InChI is InChI=1S/C18H16ClN3S/c1-2-12-22-17(15-8-10-16(19)11-9-15)20-21-18(22)23-13-14-6-4-3-5-7-14/h2-11H,1,12-13H2. The van der Waals surface area contributed by atoms with Crippen molar-refractivity contribution in [3.8, 4) is 11.4 Å². The Balaban J connectivity index is 1.86. The van der Waals surface area contributed by atoms with Crippen molar-refractivity contribution in [2.45, 2.75) is 17.5 Å². The highest BCUT2D eigenvalue weighted by atomic mass is 35.5. The Morgan fingerprint density at radius 2 is 1.78 bits per heavy atom. The van der Waals surface area contributed by atoms with Gasteiger partial charge in [-0.2, -0.15) is 0 Å². The largest absolute Gasteiger partial charge is 0.298 e. The van der Waals surface area contributed by atoms with E-state index in [0.717, 1.165) is 22.3 Å². The van der Waals surface area contributed by atoms with E-state index in [4.69, 9.17) is 11.6 Å². The number of nitrogens with zero attached hydrogens (tertiary/aromatic N) is 3. The van der Waals surface area contributed by atoms with Crippen molar-refractivity contribution in [2.75, 3.05) is 0 Å². The molecule has 0 aliphatic rings. The summed E-state index contributed by atoms with van der Waals surface area (Å²) in [7, 11) is 0. The minimum atomic E-state index is 0.669. The highest BCUT2D eigenvalue weighted by molar-refractivity contribution is 7.98. The van der Waals surface area contributed by atoms with Gasteiger partial charge in [0.2, 0.25) is 0 Å². The van der Waals surface area contributed by atoms with Gasteiger partial charge >= 0.3 is 0 Å². The molecule has 0 aliphatic carbocycles. The van der Waals surface area contributed by atoms with Crippen LogP contribution in [0.15, 0.2) is 72.4 Å². The van der Waals surface area contributed by atoms with Gasteiger partial charge in [0.1, 0.15) is 0 Å². The molecule has 1 heterocycles. The summed E-state index contributed by atoms with van der Waals surface area (Å²) in [6.45, 7) is 4.51. The second-order valence-electron chi connectivity index (χ2n) is 4.99. The van der Waals surface area contributed by atoms with Gasteiger partial charge in [0.05, 0.1) is 0 Å². The highest BCUT2D eigenvalue weighted by Gasteiger charge is 2.13. The lowest BCUT2D eigenvalue weighted by molar-refractivity contribution is 0.731. The molecule has 0 atom stereocenters. The molecule has 0 amide bonds. The Bertz CT molecular complexity index is 782. The third-order valence-corrected chi connectivity index (χ3v) is 4.63. The average Bonchev–Trinajstić information content (AvgIpc) is 2.98. The number of hydrogen-bond acceptors (Lipinski definition) is 3. The average molecular weight is 342 g/mol. The van der Waals surface area contributed by atoms with E-state index in [-0.39, 0.29) is 0 Å². The fraction of sp³-hybridized carbons (Fsp3) is 0.111. The van der Waals surface area contributed by atoms with Gasteiger partial charge < -0.3 is 0 Å². The van der Waals surface area contributed by atoms with Crippen LogP contribution in [0.1, 0.15) is 5.56 Å². The monoisotopic (exact) mass is 341 g/mol. The van der Waals surface area contributed by atoms with E-state index in [9.17, 15) is 0 Å². The van der Waals surface area contributed by atoms with Crippen LogP contribution in [-0.2, 0) is 12.3 Å². The number of aromatic nitrogens is 3. The lowest BCUT2D eigenvalue weighted by Gasteiger charge is -2.08. The van der Waals surface area contributed by atoms with Crippen LogP contribution in [0.25, 0.3) is 11.4 Å². The Hall–Kier alpha value is -2.04. The molecule has 23 heavy (non-hydrogen) atoms. The summed E-state index contributed by atoms with van der Waals surface area (Å²) >= 11 is 7.63. The minimum Gasteiger partial charge on any atom is -0.298 e. The predicted octanol–water partition coefficient (Wildman–Crippen LogP) is 5.08. The maximum atomic E-state index is 5.96. The van der Waals surface area contributed by atoms with Gasteiger partial charge in [-0.1, -0.05) is 59.8 Å². The van der Waals surface area contributed by atoms with Gasteiger partial charge in [0, 0.05) is 22.9 Å². The molecule has 0 unspecified atom stereocenters. The van der Waals surface area contributed by atoms with Crippen LogP contribution < -0.4 is 0 Å². The highest BCUT2D eigenvalue weighted by Crippen LogP contribution is 2.27. The molecule has 1 aromatic heterocycles. The fourth-order valence-corrected chi connectivity index (χ4v) is 3.25. The summed E-state index contributed by atoms with van der Waals surface area (Å²) in [6, 6.07) is 18.0. The molecule has 116 valence electrons. The molecular formula is C18H16ClN3S. The Labute approximate surface area is 145 Å². The molecule has 0 N–H and O–H groups in total. The molecule has 0 bridgehead atoms. The van der Waals surface area contributed by atoms with Crippen LogP contribution in [-0.4, -0.2) is 14.8 Å². The lowest BCUT2D eigenvalue weighted by atomic mass is 10.2. The molecule has 0 fully saturated rings. The number of halogens is 1. The van der Waals surface area contributed by atoms with E-state index < -0.39 is 0 Å². The maximum absolute atomic E-state index is 5.96. The normalized spacial score (nSPS) is 10.7. The molecule has 3 rings (SSSR count). The van der Waals surface area contributed by atoms with Crippen LogP contribution in [0.3, 0.4) is 0 Å². The maximum Gasteiger partial charge on any atom is 0.192 e. The zero-order chi connectivity index (χ0) is 16.1. The van der Waals surface area contributed by atoms with Gasteiger partial charge in [-0.25, -0.2) is 0 Å². The van der Waals surface area contributed by atoms with Crippen molar-refractivity contribution in [3.63, 3.8) is 0 Å². The van der Waals surface area contributed by atoms with E-state index in [2.05, 4.69) is 33.5 Å².